The van der Waals surface area contributed by atoms with Gasteiger partial charge in [0, 0.05) is 33.4 Å². The summed E-state index contributed by atoms with van der Waals surface area (Å²) in [4.78, 5) is 27.5. The van der Waals surface area contributed by atoms with Crippen LogP contribution in [0.1, 0.15) is 207 Å². The Labute approximate surface area is 407 Å². The number of nitrogen functional groups attached to an aromatic ring is 1. The van der Waals surface area contributed by atoms with Crippen molar-refractivity contribution in [2.24, 2.45) is 0 Å². The highest BCUT2D eigenvalue weighted by Gasteiger charge is 2.35. The summed E-state index contributed by atoms with van der Waals surface area (Å²) in [7, 11) is 0. The zero-order valence-electron chi connectivity index (χ0n) is 41.5. The number of benzene rings is 2. The molecule has 4 aromatic rings. The molecule has 0 saturated carbocycles. The normalized spacial score (nSPS) is 14.3. The Morgan fingerprint density at radius 3 is 1.57 bits per heavy atom. The van der Waals surface area contributed by atoms with Gasteiger partial charge in [-0.25, -0.2) is 4.98 Å². The van der Waals surface area contributed by atoms with Gasteiger partial charge >= 0.3 is 0 Å². The predicted octanol–water partition coefficient (Wildman–Crippen LogP) is 15.9. The van der Waals surface area contributed by atoms with Gasteiger partial charge in [-0.1, -0.05) is 173 Å². The predicted molar refractivity (Wildman–Crippen MR) is 284 cm³/mol. The second-order valence-corrected chi connectivity index (χ2v) is 19.3. The van der Waals surface area contributed by atoms with E-state index in [0.29, 0.717) is 34.6 Å². The number of hydrogen-bond acceptors (Lipinski definition) is 7. The Balaban J connectivity index is 1.47. The van der Waals surface area contributed by atoms with Crippen LogP contribution < -0.4 is 5.73 Å². The maximum absolute atomic E-state index is 13.2. The Morgan fingerprint density at radius 2 is 1.04 bits per heavy atom. The molecule has 0 saturated heterocycles. The summed E-state index contributed by atoms with van der Waals surface area (Å²) in [6, 6.07) is 22.2. The number of aromatic hydroxyl groups is 2. The quantitative estimate of drug-likeness (QED) is 0.0260. The Morgan fingerprint density at radius 1 is 0.559 bits per heavy atom. The van der Waals surface area contributed by atoms with Crippen LogP contribution in [0, 0.1) is 6.92 Å². The molecular formula is C60H80N4O4. The molecule has 6 bridgehead atoms. The topological polar surface area (TPSA) is 145 Å². The number of rotatable bonds is 27. The largest absolute Gasteiger partial charge is 0.508 e. The number of fused-ring (bicyclic) bond motifs is 6. The van der Waals surface area contributed by atoms with Gasteiger partial charge in [0.1, 0.15) is 23.9 Å². The van der Waals surface area contributed by atoms with Gasteiger partial charge in [0.15, 0.2) is 0 Å². The third-order valence-corrected chi connectivity index (χ3v) is 14.0. The van der Waals surface area contributed by atoms with E-state index in [9.17, 15) is 20.1 Å². The van der Waals surface area contributed by atoms with E-state index in [-0.39, 0.29) is 11.5 Å². The number of unbranched alkanes of at least 4 members (excludes halogenated alkanes) is 20. The maximum atomic E-state index is 13.2. The highest BCUT2D eigenvalue weighted by molar-refractivity contribution is 5.91. The fraction of sp³-hybridized carbons (Fsp3) is 0.483. The summed E-state index contributed by atoms with van der Waals surface area (Å²) in [5.74, 6) is -0.687. The molecule has 0 aliphatic carbocycles. The van der Waals surface area contributed by atoms with Crippen molar-refractivity contribution in [1.82, 2.24) is 15.0 Å². The minimum Gasteiger partial charge on any atom is -0.508 e. The van der Waals surface area contributed by atoms with Crippen molar-refractivity contribution in [3.05, 3.63) is 112 Å². The second kappa shape index (κ2) is 27.5. The Bertz CT molecular complexity index is 2470. The molecule has 2 aliphatic heterocycles. The molecule has 2 aromatic carbocycles. The molecule has 2 aromatic heterocycles. The number of hydrogen-bond donors (Lipinski definition) is 5. The van der Waals surface area contributed by atoms with Crippen LogP contribution >= 0.6 is 0 Å². The second-order valence-electron chi connectivity index (χ2n) is 19.3. The molecule has 0 amide bonds. The summed E-state index contributed by atoms with van der Waals surface area (Å²) >= 11 is 0. The molecule has 2 aliphatic rings. The molecule has 0 radical (unpaired) electrons. The summed E-state index contributed by atoms with van der Waals surface area (Å²) in [5, 5.41) is 33.7. The lowest BCUT2D eigenvalue weighted by Gasteiger charge is -2.14. The molecule has 4 heterocycles. The van der Waals surface area contributed by atoms with E-state index >= 15 is 0 Å². The molecule has 0 fully saturated rings. The van der Waals surface area contributed by atoms with Gasteiger partial charge in [0.25, 0.3) is 0 Å². The standard InChI is InChI=1S/C60H80N4O4/c1-4-6-8-10-12-14-16-18-20-22-24-32-48-51(61)35-34-43(3)56(44-28-26-30-46(66)40-44)58-50(42-65)60(68)59(64-58)49(33-25-23-21-19-17-15-13-11-9-7-5-2)53-37-39-55(63-53)57(54-38-36-52(48)62-54)45-29-27-31-47(67)41-45/h26-31,34-42,50,60,63,66-68H,4-25,32-33,61H2,1-3H3/t50-,60-/m1/s1. The summed E-state index contributed by atoms with van der Waals surface area (Å²) in [6.07, 6.45) is 32.2. The molecule has 6 N–H and O–H groups in total. The van der Waals surface area contributed by atoms with E-state index in [1.165, 1.54) is 109 Å². The molecule has 8 heteroatoms. The van der Waals surface area contributed by atoms with Crippen LogP contribution in [0.3, 0.4) is 0 Å². The zero-order chi connectivity index (χ0) is 48.1. The lowest BCUT2D eigenvalue weighted by molar-refractivity contribution is -0.111. The first-order chi connectivity index (χ1) is 33.2. The number of anilines is 1. The van der Waals surface area contributed by atoms with Gasteiger partial charge in [0.2, 0.25) is 0 Å². The number of aliphatic hydroxyl groups excluding tert-OH is 1. The molecule has 364 valence electrons. The first-order valence-corrected chi connectivity index (χ1v) is 26.4. The van der Waals surface area contributed by atoms with Gasteiger partial charge in [-0.05, 0) is 109 Å². The number of aromatic amines is 1. The number of nitrogens with one attached hydrogen (secondary N) is 1. The van der Waals surface area contributed by atoms with Gasteiger partial charge in [-0.2, -0.15) is 0 Å². The number of nitrogens with two attached hydrogens (primary N) is 1. The molecule has 0 unspecified atom stereocenters. The number of aryl methyl sites for hydroxylation is 2. The molecule has 0 spiro atoms. The molecule has 2 atom stereocenters. The van der Waals surface area contributed by atoms with Crippen LogP contribution in [0.15, 0.2) is 72.8 Å². The molecule has 68 heavy (non-hydrogen) atoms. The van der Waals surface area contributed by atoms with Crippen molar-refractivity contribution in [1.29, 1.82) is 0 Å². The summed E-state index contributed by atoms with van der Waals surface area (Å²) in [6.45, 7) is 6.49. The number of nitrogens with zero attached hydrogens (tertiary/aromatic N) is 2. The molecular weight excluding hydrogens is 841 g/mol. The van der Waals surface area contributed by atoms with E-state index in [2.05, 4.69) is 24.9 Å². The van der Waals surface area contributed by atoms with Crippen molar-refractivity contribution in [3.8, 4) is 33.8 Å². The first-order valence-electron chi connectivity index (χ1n) is 26.4. The summed E-state index contributed by atoms with van der Waals surface area (Å²) in [5.41, 5.74) is 17.4. The SMILES string of the molecule is CCCCCCCCCCCCCc1c(N)ccc(C)c(-c2cccc(O)c2)c2nc(c(CCCCCCCCCCCCC)c3ccc([nH]3)c(-c3cccc(O)c3)c3nc1C=C3)[C@H](O)[C@@H]2C=O. The maximum Gasteiger partial charge on any atom is 0.132 e. The molecule has 6 rings (SSSR count). The van der Waals surface area contributed by atoms with Crippen molar-refractivity contribution < 1.29 is 20.1 Å². The number of H-pyrrole nitrogens is 1. The Kier molecular flexibility index (Phi) is 21.0. The van der Waals surface area contributed by atoms with E-state index in [1.807, 2.05) is 55.5 Å². The number of aromatic nitrogens is 3. The van der Waals surface area contributed by atoms with Gasteiger partial charge in [0.05, 0.1) is 28.7 Å². The fourth-order valence-corrected chi connectivity index (χ4v) is 10.1. The van der Waals surface area contributed by atoms with Crippen molar-refractivity contribution in [2.45, 2.75) is 187 Å². The van der Waals surface area contributed by atoms with E-state index in [4.69, 9.17) is 15.7 Å². The molecule has 8 nitrogen and oxygen atoms in total. The Hall–Kier alpha value is -5.47. The highest BCUT2D eigenvalue weighted by atomic mass is 16.3. The highest BCUT2D eigenvalue weighted by Crippen LogP contribution is 2.42. The minimum absolute atomic E-state index is 0.0920. The number of carbonyl (C=O) groups is 1. The average molecular weight is 921 g/mol. The first kappa shape index (κ1) is 51.9. The van der Waals surface area contributed by atoms with E-state index < -0.39 is 12.0 Å². The lowest BCUT2D eigenvalue weighted by Crippen LogP contribution is -2.09. The summed E-state index contributed by atoms with van der Waals surface area (Å²) < 4.78 is 0. The van der Waals surface area contributed by atoms with Gasteiger partial charge in [-0.3, -0.25) is 4.98 Å². The number of aliphatic hydroxyl groups is 1. The number of phenolic OH excluding ortho intramolecular Hbond substituents is 2. The van der Waals surface area contributed by atoms with Gasteiger partial charge < -0.3 is 30.8 Å². The van der Waals surface area contributed by atoms with Crippen LogP contribution in [0.2, 0.25) is 0 Å². The van der Waals surface area contributed by atoms with Crippen LogP contribution in [0.5, 0.6) is 11.5 Å². The third-order valence-electron chi connectivity index (χ3n) is 14.0. The smallest absolute Gasteiger partial charge is 0.132 e. The van der Waals surface area contributed by atoms with Crippen LogP contribution in [-0.2, 0) is 17.6 Å². The number of aldehydes is 1. The van der Waals surface area contributed by atoms with Crippen LogP contribution in [0.4, 0.5) is 5.69 Å². The number of phenols is 2. The van der Waals surface area contributed by atoms with E-state index in [1.54, 1.807) is 30.3 Å². The monoisotopic (exact) mass is 921 g/mol. The minimum atomic E-state index is -1.18. The fourth-order valence-electron chi connectivity index (χ4n) is 10.1. The third kappa shape index (κ3) is 14.5. The average Bonchev–Trinajstić information content (AvgIpc) is 4.09. The van der Waals surface area contributed by atoms with E-state index in [0.717, 1.165) is 95.0 Å². The van der Waals surface area contributed by atoms with Crippen molar-refractivity contribution >= 4 is 35.2 Å². The van der Waals surface area contributed by atoms with Crippen molar-refractivity contribution in [2.75, 3.05) is 5.73 Å². The lowest BCUT2D eigenvalue weighted by atomic mass is 9.91. The van der Waals surface area contributed by atoms with Crippen LogP contribution in [-0.4, -0.2) is 36.6 Å². The van der Waals surface area contributed by atoms with Gasteiger partial charge in [-0.15, -0.1) is 0 Å². The van der Waals surface area contributed by atoms with Crippen molar-refractivity contribution in [3.63, 3.8) is 0 Å². The number of carbonyl (C=O) groups excluding carboxylic acids is 1. The zero-order valence-corrected chi connectivity index (χ0v) is 41.5. The van der Waals surface area contributed by atoms with Crippen LogP contribution in [0.25, 0.3) is 45.4 Å².